The molecule has 4 rings (SSSR count). The van der Waals surface area contributed by atoms with Crippen LogP contribution in [0.25, 0.3) is 10.9 Å². The Morgan fingerprint density at radius 3 is 2.75 bits per heavy atom. The van der Waals surface area contributed by atoms with Gasteiger partial charge in [0, 0.05) is 33.6 Å². The highest BCUT2D eigenvalue weighted by molar-refractivity contribution is 14.1. The number of carbonyl (C=O) groups is 1. The number of alkyl halides is 1. The van der Waals surface area contributed by atoms with Gasteiger partial charge in [-0.3, -0.25) is 14.5 Å². The van der Waals surface area contributed by atoms with Crippen molar-refractivity contribution >= 4 is 56.7 Å². The van der Waals surface area contributed by atoms with Gasteiger partial charge in [-0.25, -0.2) is 0 Å². The van der Waals surface area contributed by atoms with E-state index in [-0.39, 0.29) is 5.91 Å². The van der Waals surface area contributed by atoms with Crippen molar-refractivity contribution in [2.75, 3.05) is 5.32 Å². The molecule has 1 aromatic carbocycles. The fraction of sp³-hybridized carbons (Fsp3) is 0.381. The van der Waals surface area contributed by atoms with E-state index in [1.54, 1.807) is 6.07 Å². The topological polar surface area (TPSA) is 59.8 Å². The summed E-state index contributed by atoms with van der Waals surface area (Å²) < 4.78 is 2.85. The maximum absolute atomic E-state index is 12.4. The Morgan fingerprint density at radius 1 is 1.25 bits per heavy atom. The summed E-state index contributed by atoms with van der Waals surface area (Å²) >= 11 is 8.46. The molecule has 146 valence electrons. The summed E-state index contributed by atoms with van der Waals surface area (Å²) in [5.41, 5.74) is 2.12. The Morgan fingerprint density at radius 2 is 2.04 bits per heavy atom. The Kier molecular flexibility index (Phi) is 5.87. The van der Waals surface area contributed by atoms with Crippen molar-refractivity contribution in [3.8, 4) is 0 Å². The first-order chi connectivity index (χ1) is 13.5. The summed E-state index contributed by atoms with van der Waals surface area (Å²) in [6, 6.07) is 7.87. The molecule has 2 heterocycles. The number of anilines is 1. The van der Waals surface area contributed by atoms with Gasteiger partial charge in [-0.05, 0) is 55.9 Å². The standard InChI is InChI=1S/C21H22ClIN4O/c1-13(23)14-2-5-19(6-3-14)27-12-16-9-18(4-7-20(16)26-27)25-21(28)15-8-17(22)11-24-10-15/h4,7-14,19H,2-3,5-6H2,1H3,(H,25,28)/t13?,14-,19-. The lowest BCUT2D eigenvalue weighted by molar-refractivity contribution is 0.102. The van der Waals surface area contributed by atoms with Crippen molar-refractivity contribution in [1.82, 2.24) is 14.8 Å². The van der Waals surface area contributed by atoms with E-state index in [0.29, 0.717) is 16.6 Å². The molecule has 5 nitrogen and oxygen atoms in total. The molecule has 7 heteroatoms. The number of carbonyl (C=O) groups excluding carboxylic acids is 1. The van der Waals surface area contributed by atoms with Crippen LogP contribution in [0.4, 0.5) is 5.69 Å². The van der Waals surface area contributed by atoms with E-state index in [2.05, 4.69) is 50.7 Å². The van der Waals surface area contributed by atoms with Gasteiger partial charge in [0.05, 0.1) is 22.1 Å². The van der Waals surface area contributed by atoms with Crippen LogP contribution >= 0.6 is 34.2 Å². The lowest BCUT2D eigenvalue weighted by Gasteiger charge is -2.30. The highest BCUT2D eigenvalue weighted by Gasteiger charge is 2.25. The Labute approximate surface area is 183 Å². The lowest BCUT2D eigenvalue weighted by Crippen LogP contribution is -2.22. The summed E-state index contributed by atoms with van der Waals surface area (Å²) in [7, 11) is 0. The van der Waals surface area contributed by atoms with Crippen LogP contribution in [-0.4, -0.2) is 24.6 Å². The molecule has 1 N–H and O–H groups in total. The normalized spacial score (nSPS) is 20.8. The predicted octanol–water partition coefficient (Wildman–Crippen LogP) is 5.89. The second-order valence-electron chi connectivity index (χ2n) is 7.47. The van der Waals surface area contributed by atoms with Crippen molar-refractivity contribution in [2.45, 2.75) is 42.6 Å². The summed E-state index contributed by atoms with van der Waals surface area (Å²) in [5, 5.41) is 9.15. The number of aromatic nitrogens is 3. The summed E-state index contributed by atoms with van der Waals surface area (Å²) in [4.78, 5) is 16.4. The Balaban J connectivity index is 1.48. The SMILES string of the molecule is CC(I)[C@H]1CC[C@H](n2cc3cc(NC(=O)c4cncc(Cl)c4)ccc3n2)CC1. The third-order valence-electron chi connectivity index (χ3n) is 5.51. The molecule has 0 aliphatic heterocycles. The van der Waals surface area contributed by atoms with E-state index in [9.17, 15) is 4.79 Å². The maximum Gasteiger partial charge on any atom is 0.257 e. The third-order valence-corrected chi connectivity index (χ3v) is 6.74. The van der Waals surface area contributed by atoms with E-state index in [0.717, 1.165) is 26.4 Å². The van der Waals surface area contributed by atoms with Gasteiger partial charge in [0.15, 0.2) is 0 Å². The number of benzene rings is 1. The minimum Gasteiger partial charge on any atom is -0.322 e. The largest absolute Gasteiger partial charge is 0.322 e. The average Bonchev–Trinajstić information content (AvgIpc) is 3.11. The highest BCUT2D eigenvalue weighted by Crippen LogP contribution is 2.36. The number of nitrogens with zero attached hydrogens (tertiary/aromatic N) is 3. The van der Waals surface area contributed by atoms with Gasteiger partial charge in [-0.1, -0.05) is 41.1 Å². The molecular formula is C21H22ClIN4O. The van der Waals surface area contributed by atoms with Crippen molar-refractivity contribution in [3.63, 3.8) is 0 Å². The first-order valence-electron chi connectivity index (χ1n) is 9.54. The minimum absolute atomic E-state index is 0.229. The van der Waals surface area contributed by atoms with E-state index < -0.39 is 0 Å². The Bertz CT molecular complexity index is 995. The van der Waals surface area contributed by atoms with Crippen LogP contribution in [0.2, 0.25) is 5.02 Å². The highest BCUT2D eigenvalue weighted by atomic mass is 127. The maximum atomic E-state index is 12.4. The van der Waals surface area contributed by atoms with Crippen LogP contribution in [-0.2, 0) is 0 Å². The van der Waals surface area contributed by atoms with Gasteiger partial charge in [0.25, 0.3) is 5.91 Å². The van der Waals surface area contributed by atoms with Crippen LogP contribution in [0.3, 0.4) is 0 Å². The molecule has 0 spiro atoms. The number of amides is 1. The minimum atomic E-state index is -0.229. The summed E-state index contributed by atoms with van der Waals surface area (Å²) in [6.45, 7) is 2.31. The van der Waals surface area contributed by atoms with Gasteiger partial charge in [-0.2, -0.15) is 5.10 Å². The molecule has 1 unspecified atom stereocenters. The lowest BCUT2D eigenvalue weighted by atomic mass is 9.84. The second-order valence-corrected chi connectivity index (χ2v) is 9.88. The molecule has 1 amide bonds. The van der Waals surface area contributed by atoms with Crippen LogP contribution in [0, 0.1) is 5.92 Å². The van der Waals surface area contributed by atoms with Gasteiger partial charge < -0.3 is 5.32 Å². The van der Waals surface area contributed by atoms with Gasteiger partial charge in [0.1, 0.15) is 0 Å². The number of pyridine rings is 1. The molecule has 1 fully saturated rings. The van der Waals surface area contributed by atoms with E-state index in [4.69, 9.17) is 16.7 Å². The molecule has 0 radical (unpaired) electrons. The van der Waals surface area contributed by atoms with Crippen molar-refractivity contribution in [3.05, 3.63) is 53.4 Å². The number of hydrogen-bond donors (Lipinski definition) is 1. The van der Waals surface area contributed by atoms with Crippen molar-refractivity contribution in [2.24, 2.45) is 5.92 Å². The molecule has 1 aliphatic carbocycles. The summed E-state index contributed by atoms with van der Waals surface area (Å²) in [6.07, 6.45) is 10.00. The van der Waals surface area contributed by atoms with E-state index >= 15 is 0 Å². The zero-order chi connectivity index (χ0) is 19.7. The molecule has 0 bridgehead atoms. The zero-order valence-corrected chi connectivity index (χ0v) is 18.5. The monoisotopic (exact) mass is 508 g/mol. The second kappa shape index (κ2) is 8.37. The molecule has 28 heavy (non-hydrogen) atoms. The van der Waals surface area contributed by atoms with Crippen molar-refractivity contribution < 1.29 is 4.79 Å². The van der Waals surface area contributed by atoms with Crippen LogP contribution in [0.1, 0.15) is 49.0 Å². The van der Waals surface area contributed by atoms with Crippen LogP contribution in [0.5, 0.6) is 0 Å². The average molecular weight is 509 g/mol. The quantitative estimate of drug-likeness (QED) is 0.353. The fourth-order valence-electron chi connectivity index (χ4n) is 3.87. The number of fused-ring (bicyclic) bond motifs is 1. The first-order valence-corrected chi connectivity index (χ1v) is 11.2. The van der Waals surface area contributed by atoms with Gasteiger partial charge in [-0.15, -0.1) is 0 Å². The Hall–Kier alpha value is -1.67. The van der Waals surface area contributed by atoms with Gasteiger partial charge in [0.2, 0.25) is 0 Å². The predicted molar refractivity (Wildman–Crippen MR) is 121 cm³/mol. The van der Waals surface area contributed by atoms with Gasteiger partial charge >= 0.3 is 0 Å². The molecular weight excluding hydrogens is 487 g/mol. The third kappa shape index (κ3) is 4.33. The number of rotatable bonds is 4. The number of hydrogen-bond acceptors (Lipinski definition) is 3. The zero-order valence-electron chi connectivity index (χ0n) is 15.6. The van der Waals surface area contributed by atoms with Crippen LogP contribution in [0.15, 0.2) is 42.9 Å². The molecule has 1 saturated carbocycles. The molecule has 2 aromatic heterocycles. The molecule has 0 saturated heterocycles. The smallest absolute Gasteiger partial charge is 0.257 e. The van der Waals surface area contributed by atoms with Crippen LogP contribution < -0.4 is 5.32 Å². The number of halogens is 2. The molecule has 3 aromatic rings. The molecule has 1 atom stereocenters. The summed E-state index contributed by atoms with van der Waals surface area (Å²) in [5.74, 6) is 0.595. The number of nitrogens with one attached hydrogen (secondary N) is 1. The molecule has 1 aliphatic rings. The van der Waals surface area contributed by atoms with E-state index in [1.807, 2.05) is 18.2 Å². The van der Waals surface area contributed by atoms with E-state index in [1.165, 1.54) is 38.1 Å². The first kappa shape index (κ1) is 19.6. The van der Waals surface area contributed by atoms with Crippen molar-refractivity contribution in [1.29, 1.82) is 0 Å². The fourth-order valence-corrected chi connectivity index (χ4v) is 4.77.